The second-order valence-electron chi connectivity index (χ2n) is 5.48. The van der Waals surface area contributed by atoms with Gasteiger partial charge in [0.1, 0.15) is 5.82 Å². The maximum absolute atomic E-state index is 5.63. The highest BCUT2D eigenvalue weighted by atomic mass is 14.9. The van der Waals surface area contributed by atoms with Crippen molar-refractivity contribution in [1.29, 1.82) is 0 Å². The molecule has 2 N–H and O–H groups in total. The molecule has 106 valence electrons. The van der Waals surface area contributed by atoms with Crippen LogP contribution in [0.3, 0.4) is 0 Å². The Bertz CT molecular complexity index is 619. The number of nitrogens with two attached hydrogens (primary N) is 1. The third-order valence-electron chi connectivity index (χ3n) is 3.89. The van der Waals surface area contributed by atoms with Crippen molar-refractivity contribution in [3.05, 3.63) is 45.9 Å². The molecular formula is C17H23N3. The summed E-state index contributed by atoms with van der Waals surface area (Å²) in [6, 6.07) is 4.30. The summed E-state index contributed by atoms with van der Waals surface area (Å²) in [7, 11) is 0. The van der Waals surface area contributed by atoms with E-state index in [1.54, 1.807) is 0 Å². The monoisotopic (exact) mass is 269 g/mol. The first kappa shape index (κ1) is 14.7. The molecule has 0 aliphatic carbocycles. The SMILES string of the molecule is Cc1cc(-c2c(C)c(C)cc(C)c2C)nc(CCN)n1. The summed E-state index contributed by atoms with van der Waals surface area (Å²) in [6.07, 6.45) is 0.720. The second kappa shape index (κ2) is 5.71. The molecule has 0 saturated carbocycles. The number of aromatic nitrogens is 2. The molecule has 0 radical (unpaired) electrons. The van der Waals surface area contributed by atoms with Crippen molar-refractivity contribution in [2.24, 2.45) is 5.73 Å². The van der Waals surface area contributed by atoms with Gasteiger partial charge in [-0.2, -0.15) is 0 Å². The Morgan fingerprint density at radius 2 is 1.50 bits per heavy atom. The summed E-state index contributed by atoms with van der Waals surface area (Å²) in [5.41, 5.74) is 14.1. The van der Waals surface area contributed by atoms with Gasteiger partial charge >= 0.3 is 0 Å². The van der Waals surface area contributed by atoms with Crippen LogP contribution in [0, 0.1) is 34.6 Å². The summed E-state index contributed by atoms with van der Waals surface area (Å²) in [4.78, 5) is 9.17. The van der Waals surface area contributed by atoms with Crippen molar-refractivity contribution >= 4 is 0 Å². The Morgan fingerprint density at radius 1 is 0.900 bits per heavy atom. The van der Waals surface area contributed by atoms with E-state index in [0.717, 1.165) is 23.6 Å². The third kappa shape index (κ3) is 2.73. The number of hydrogen-bond donors (Lipinski definition) is 1. The highest BCUT2D eigenvalue weighted by molar-refractivity contribution is 5.70. The number of nitrogens with zero attached hydrogens (tertiary/aromatic N) is 2. The lowest BCUT2D eigenvalue weighted by Gasteiger charge is -2.16. The van der Waals surface area contributed by atoms with Gasteiger partial charge in [0.05, 0.1) is 5.69 Å². The zero-order valence-corrected chi connectivity index (χ0v) is 13.0. The van der Waals surface area contributed by atoms with Crippen molar-refractivity contribution in [2.45, 2.75) is 41.0 Å². The van der Waals surface area contributed by atoms with E-state index in [1.165, 1.54) is 27.8 Å². The van der Waals surface area contributed by atoms with E-state index in [9.17, 15) is 0 Å². The van der Waals surface area contributed by atoms with E-state index in [0.29, 0.717) is 6.54 Å². The summed E-state index contributed by atoms with van der Waals surface area (Å²) < 4.78 is 0. The van der Waals surface area contributed by atoms with Crippen LogP contribution in [-0.4, -0.2) is 16.5 Å². The van der Waals surface area contributed by atoms with Crippen molar-refractivity contribution < 1.29 is 0 Å². The molecule has 3 heteroatoms. The fourth-order valence-corrected chi connectivity index (χ4v) is 2.60. The van der Waals surface area contributed by atoms with Crippen LogP contribution in [-0.2, 0) is 6.42 Å². The summed E-state index contributed by atoms with van der Waals surface area (Å²) in [5, 5.41) is 0. The van der Waals surface area contributed by atoms with Crippen molar-refractivity contribution in [3.63, 3.8) is 0 Å². The Balaban J connectivity index is 2.68. The highest BCUT2D eigenvalue weighted by Crippen LogP contribution is 2.30. The van der Waals surface area contributed by atoms with Gasteiger partial charge in [-0.1, -0.05) is 6.07 Å². The zero-order valence-electron chi connectivity index (χ0n) is 13.0. The van der Waals surface area contributed by atoms with Gasteiger partial charge in [0.15, 0.2) is 0 Å². The molecule has 0 aliphatic heterocycles. The molecule has 2 aromatic rings. The van der Waals surface area contributed by atoms with Crippen LogP contribution in [0.4, 0.5) is 0 Å². The van der Waals surface area contributed by atoms with E-state index >= 15 is 0 Å². The number of aryl methyl sites for hydroxylation is 3. The summed E-state index contributed by atoms with van der Waals surface area (Å²) >= 11 is 0. The first-order valence-corrected chi connectivity index (χ1v) is 7.06. The number of rotatable bonds is 3. The van der Waals surface area contributed by atoms with Crippen LogP contribution < -0.4 is 5.73 Å². The lowest BCUT2D eigenvalue weighted by atomic mass is 9.92. The van der Waals surface area contributed by atoms with Gasteiger partial charge in [0.25, 0.3) is 0 Å². The molecule has 0 saturated heterocycles. The average molecular weight is 269 g/mol. The third-order valence-corrected chi connectivity index (χ3v) is 3.89. The van der Waals surface area contributed by atoms with Crippen LogP contribution in [0.2, 0.25) is 0 Å². The number of benzene rings is 1. The van der Waals surface area contributed by atoms with Crippen molar-refractivity contribution in [1.82, 2.24) is 9.97 Å². The Kier molecular flexibility index (Phi) is 4.19. The molecule has 0 bridgehead atoms. The fraction of sp³-hybridized carbons (Fsp3) is 0.412. The molecule has 1 aromatic heterocycles. The normalized spacial score (nSPS) is 10.9. The maximum Gasteiger partial charge on any atom is 0.130 e. The second-order valence-corrected chi connectivity index (χ2v) is 5.48. The fourth-order valence-electron chi connectivity index (χ4n) is 2.60. The molecule has 2 rings (SSSR count). The van der Waals surface area contributed by atoms with Crippen molar-refractivity contribution in [2.75, 3.05) is 6.54 Å². The molecule has 0 fully saturated rings. The molecule has 1 heterocycles. The minimum Gasteiger partial charge on any atom is -0.330 e. The van der Waals surface area contributed by atoms with E-state index in [4.69, 9.17) is 10.7 Å². The molecule has 0 spiro atoms. The predicted octanol–water partition coefficient (Wildman–Crippen LogP) is 3.19. The summed E-state index contributed by atoms with van der Waals surface area (Å²) in [6.45, 7) is 11.2. The topological polar surface area (TPSA) is 51.8 Å². The number of hydrogen-bond acceptors (Lipinski definition) is 3. The largest absolute Gasteiger partial charge is 0.330 e. The molecule has 1 aromatic carbocycles. The van der Waals surface area contributed by atoms with Crippen molar-refractivity contribution in [3.8, 4) is 11.3 Å². The van der Waals surface area contributed by atoms with E-state index < -0.39 is 0 Å². The first-order valence-electron chi connectivity index (χ1n) is 7.06. The van der Waals surface area contributed by atoms with Crippen LogP contribution in [0.5, 0.6) is 0 Å². The lowest BCUT2D eigenvalue weighted by molar-refractivity contribution is 0.857. The standard InChI is InChI=1S/C17H23N3/c1-10-8-11(2)14(5)17(13(10)4)15-9-12(3)19-16(20-15)6-7-18/h8-9H,6-7,18H2,1-5H3. The zero-order chi connectivity index (χ0) is 14.9. The van der Waals surface area contributed by atoms with Crippen LogP contribution in [0.15, 0.2) is 12.1 Å². The minimum atomic E-state index is 0.577. The van der Waals surface area contributed by atoms with E-state index in [1.807, 2.05) is 6.92 Å². The molecule has 0 unspecified atom stereocenters. The predicted molar refractivity (Wildman–Crippen MR) is 83.9 cm³/mol. The van der Waals surface area contributed by atoms with Gasteiger partial charge in [-0.3, -0.25) is 0 Å². The summed E-state index contributed by atoms with van der Waals surface area (Å²) in [5.74, 6) is 0.834. The van der Waals surface area contributed by atoms with Gasteiger partial charge in [-0.15, -0.1) is 0 Å². The minimum absolute atomic E-state index is 0.577. The van der Waals surface area contributed by atoms with Crippen LogP contribution >= 0.6 is 0 Å². The highest BCUT2D eigenvalue weighted by Gasteiger charge is 2.13. The molecule has 0 atom stereocenters. The van der Waals surface area contributed by atoms with Gasteiger partial charge in [0, 0.05) is 17.7 Å². The molecule has 0 amide bonds. The molecule has 3 nitrogen and oxygen atoms in total. The lowest BCUT2D eigenvalue weighted by Crippen LogP contribution is -2.08. The molecule has 0 aliphatic rings. The quantitative estimate of drug-likeness (QED) is 0.931. The molecular weight excluding hydrogens is 246 g/mol. The van der Waals surface area contributed by atoms with Crippen LogP contribution in [0.25, 0.3) is 11.3 Å². The Hall–Kier alpha value is -1.74. The average Bonchev–Trinajstić information content (AvgIpc) is 2.36. The Morgan fingerprint density at radius 3 is 2.05 bits per heavy atom. The van der Waals surface area contributed by atoms with Gasteiger partial charge in [-0.05, 0) is 69.5 Å². The maximum atomic E-state index is 5.63. The first-order chi connectivity index (χ1) is 9.43. The Labute approximate surface area is 121 Å². The van der Waals surface area contributed by atoms with E-state index in [-0.39, 0.29) is 0 Å². The van der Waals surface area contributed by atoms with E-state index in [2.05, 4.69) is 44.8 Å². The smallest absolute Gasteiger partial charge is 0.130 e. The van der Waals surface area contributed by atoms with Gasteiger partial charge in [0.2, 0.25) is 0 Å². The van der Waals surface area contributed by atoms with Gasteiger partial charge < -0.3 is 5.73 Å². The van der Waals surface area contributed by atoms with Gasteiger partial charge in [-0.25, -0.2) is 9.97 Å². The molecule has 20 heavy (non-hydrogen) atoms. The van der Waals surface area contributed by atoms with Crippen LogP contribution in [0.1, 0.15) is 33.8 Å².